The summed E-state index contributed by atoms with van der Waals surface area (Å²) in [4.78, 5) is 146. The summed E-state index contributed by atoms with van der Waals surface area (Å²) >= 11 is 0. The van der Waals surface area contributed by atoms with Crippen molar-refractivity contribution in [3.63, 3.8) is 0 Å². The van der Waals surface area contributed by atoms with Gasteiger partial charge in [-0.3, -0.25) is 62.2 Å². The Morgan fingerprint density at radius 1 is 0.472 bits per heavy atom. The minimum Gasteiger partial charge on any atom is -0.790 e. The van der Waals surface area contributed by atoms with Crippen LogP contribution in [-0.4, -0.2) is 96.9 Å². The van der Waals surface area contributed by atoms with E-state index in [0.717, 1.165) is 19.4 Å². The van der Waals surface area contributed by atoms with Crippen LogP contribution in [0.2, 0.25) is 0 Å². The lowest BCUT2D eigenvalue weighted by Gasteiger charge is -2.40. The molecule has 0 saturated heterocycles. The molecule has 0 spiro atoms. The van der Waals surface area contributed by atoms with Crippen LogP contribution in [0.5, 0.6) is 0 Å². The Labute approximate surface area is 702 Å². The molecule has 0 rings (SSSR count). The fourth-order valence-electron chi connectivity index (χ4n) is 6.07. The molecule has 712 valence electrons. The van der Waals surface area contributed by atoms with E-state index in [1.54, 1.807) is 6.08 Å². The van der Waals surface area contributed by atoms with Crippen LogP contribution >= 0.6 is 97.8 Å². The molecular formula is C51H77O59P13-12. The Bertz CT molecular complexity index is 3640. The van der Waals surface area contributed by atoms with Gasteiger partial charge in [0, 0.05) is 70.1 Å². The van der Waals surface area contributed by atoms with E-state index in [1.165, 1.54) is 18.2 Å². The van der Waals surface area contributed by atoms with Gasteiger partial charge >= 0.3 is 90.0 Å². The lowest BCUT2D eigenvalue weighted by atomic mass is 9.96. The summed E-state index contributed by atoms with van der Waals surface area (Å²) in [7, 11) is -56.4. The maximum Gasteiger partial charge on any atom is 0.593 e. The molecular weight excluding hydrogens is 1960 g/mol. The fourth-order valence-corrected chi connectivity index (χ4v) is 14.9. The third-order valence-corrected chi connectivity index (χ3v) is 29.3. The monoisotopic (exact) mass is 2040 g/mol. The first-order valence-electron chi connectivity index (χ1n) is 31.4. The van der Waals surface area contributed by atoms with E-state index >= 15 is 0 Å². The lowest BCUT2D eigenvalue weighted by Crippen LogP contribution is -2.41. The van der Waals surface area contributed by atoms with Crippen LogP contribution in [0, 0.1) is 30.6 Å². The highest BCUT2D eigenvalue weighted by Gasteiger charge is 2.47. The Hall–Kier alpha value is -4.41. The minimum absolute atomic E-state index is 0.00144. The fraction of sp³-hybridized carbons (Fsp3) is 0.549. The molecule has 0 aromatic rings. The Morgan fingerprint density at radius 3 is 0.984 bits per heavy atom. The van der Waals surface area contributed by atoms with E-state index in [1.807, 2.05) is 13.8 Å². The first kappa shape index (κ1) is 134. The van der Waals surface area contributed by atoms with E-state index in [9.17, 15) is 185 Å². The Kier molecular flexibility index (Phi) is 80.0. The van der Waals surface area contributed by atoms with Crippen molar-refractivity contribution < 1.29 is 284 Å². The maximum atomic E-state index is 11.5. The molecule has 0 aromatic heterocycles. The molecule has 0 aliphatic rings. The normalized spacial score (nSPS) is 15.6. The van der Waals surface area contributed by atoms with E-state index in [-0.39, 0.29) is 50.5 Å². The summed E-state index contributed by atoms with van der Waals surface area (Å²) < 4.78 is 193. The van der Waals surface area contributed by atoms with Crippen molar-refractivity contribution in [2.45, 2.75) is 129 Å². The van der Waals surface area contributed by atoms with Gasteiger partial charge in [-0.05, 0) is 31.6 Å². The van der Waals surface area contributed by atoms with Crippen molar-refractivity contribution in [1.82, 2.24) is 0 Å². The van der Waals surface area contributed by atoms with E-state index in [2.05, 4.69) is 150 Å². The molecule has 0 aliphatic heterocycles. The van der Waals surface area contributed by atoms with Crippen LogP contribution in [0.4, 0.5) is 0 Å². The molecule has 14 atom stereocenters. The highest BCUT2D eigenvalue weighted by Crippen LogP contribution is 2.70. The Balaban J connectivity index is -0.000000212. The molecule has 0 heterocycles. The predicted octanol–water partition coefficient (Wildman–Crippen LogP) is -5.46. The zero-order valence-corrected chi connectivity index (χ0v) is 75.6. The smallest absolute Gasteiger partial charge is 0.593 e. The van der Waals surface area contributed by atoms with Crippen molar-refractivity contribution in [3.05, 3.63) is 106 Å². The minimum atomic E-state index is -5.68. The number of allylic oxidation sites excluding steroid dienone is 4. The summed E-state index contributed by atoms with van der Waals surface area (Å²) in [6, 6.07) is 0. The number of phosphoric ester groups is 1. The third kappa shape index (κ3) is 74.1. The number of aliphatic carboxylic acids is 6. The quantitative estimate of drug-likeness (QED) is 0.0143. The molecule has 0 fully saturated rings. The average molecular weight is 2040 g/mol. The number of phosphoric acid groups is 1. The summed E-state index contributed by atoms with van der Waals surface area (Å²) in [6.45, 7) is 29.4. The van der Waals surface area contributed by atoms with Crippen molar-refractivity contribution in [2.24, 2.45) is 11.8 Å². The van der Waals surface area contributed by atoms with Gasteiger partial charge in [0.05, 0.1) is 120 Å². The number of rotatable bonds is 62. The van der Waals surface area contributed by atoms with Gasteiger partial charge in [-0.1, -0.05) is 104 Å². The predicted molar refractivity (Wildman–Crippen MR) is 364 cm³/mol. The summed E-state index contributed by atoms with van der Waals surface area (Å²) in [5.74, 6) is -6.71. The molecule has 0 aromatic carbocycles. The molecule has 72 heteroatoms. The van der Waals surface area contributed by atoms with E-state index < -0.39 is 216 Å². The van der Waals surface area contributed by atoms with E-state index in [4.69, 9.17) is 9.90 Å². The molecule has 0 bridgehead atoms. The van der Waals surface area contributed by atoms with Crippen LogP contribution in [0.15, 0.2) is 87.1 Å². The van der Waals surface area contributed by atoms with Gasteiger partial charge in [0.2, 0.25) is 0 Å². The first-order chi connectivity index (χ1) is 56.4. The van der Waals surface area contributed by atoms with Gasteiger partial charge < -0.3 is 146 Å². The number of carboxylic acids is 6. The van der Waals surface area contributed by atoms with Crippen molar-refractivity contribution in [2.75, 3.05) is 39.6 Å². The highest BCUT2D eigenvalue weighted by molar-refractivity contribution is 8.21. The molecule has 123 heavy (non-hydrogen) atoms. The molecule has 0 amide bonds. The van der Waals surface area contributed by atoms with Gasteiger partial charge in [0.25, 0.3) is 5.97 Å². The van der Waals surface area contributed by atoms with Gasteiger partial charge in [0.1, 0.15) is 0 Å². The van der Waals surface area contributed by atoms with E-state index in [0.29, 0.717) is 35.5 Å². The van der Waals surface area contributed by atoms with Crippen LogP contribution in [0.1, 0.15) is 118 Å². The second kappa shape index (κ2) is 73.4. The van der Waals surface area contributed by atoms with Gasteiger partial charge in [-0.15, -0.1) is 41.2 Å². The zero-order valence-electron chi connectivity index (χ0n) is 64.0. The molecule has 59 nitrogen and oxygen atoms in total. The second-order valence-electron chi connectivity index (χ2n) is 21.8. The van der Waals surface area contributed by atoms with Gasteiger partial charge in [0.15, 0.2) is 0 Å². The molecule has 2 N–H and O–H groups in total. The van der Waals surface area contributed by atoms with Gasteiger partial charge in [-0.25, -0.2) is 27.4 Å². The van der Waals surface area contributed by atoms with Gasteiger partial charge in [-0.2, -0.15) is 5.92 Å². The van der Waals surface area contributed by atoms with Crippen LogP contribution in [-0.2, 0) is 178 Å². The number of aliphatic hydroxyl groups is 1. The maximum absolute atomic E-state index is 11.5. The molecule has 14 unspecified atom stereocenters. The lowest BCUT2D eigenvalue weighted by molar-refractivity contribution is -0.780. The van der Waals surface area contributed by atoms with Crippen LogP contribution in [0.25, 0.3) is 0 Å². The SMILES string of the molecule is C=CC(=C)CCOP(=O)(OO[O-])[P+](=O)[O-].C=CC(CCOP(=O)(OO[O-])[P+](=O)[O-])(CC(=O)[O-])OP(=O)([O-])[O-].C=CC(O)(CCOP(=O)(OO[O-])[P+](=O)[O-])CC(=O)[O-].C=C[C+](CCOP(=O)(OO[O-])[P+](=O)[O-])CC(=O)[O-].C=C[C+](CCOP(=O)(OO[O-])[P+](=O)[O-])CC(=O)[O-].CC(=O)O.CC(C)CC/C=C(/CCOP(=O)(OO[O-])[P+](=O)[O-])CC(=O)[O-].[CH2-]C(C)C. The molecule has 0 aliphatic carbocycles. The summed E-state index contributed by atoms with van der Waals surface area (Å²) in [5.41, 5.74) is -3.30. The molecule has 0 saturated carbocycles. The molecule has 0 radical (unpaired) electrons. The zero-order chi connectivity index (χ0) is 98.0. The largest absolute Gasteiger partial charge is 0.790 e. The average Bonchev–Trinajstić information content (AvgIpc) is 0.854. The summed E-state index contributed by atoms with van der Waals surface area (Å²) in [5, 5.41) is 144. The summed E-state index contributed by atoms with van der Waals surface area (Å²) in [6.07, 6.45) is 4.08. The van der Waals surface area contributed by atoms with Crippen molar-refractivity contribution in [1.29, 1.82) is 0 Å². The van der Waals surface area contributed by atoms with Crippen molar-refractivity contribution in [3.8, 4) is 0 Å². The topological polar surface area (TPSA) is 978 Å². The second-order valence-corrected chi connectivity index (χ2v) is 48.5. The number of carboxylic acid groups (broad SMARTS) is 6. The number of hydrogen-bond donors (Lipinski definition) is 2. The number of carbonyl (C=O) groups is 6. The van der Waals surface area contributed by atoms with Crippen LogP contribution < -0.4 is 96.2 Å². The first-order valence-corrected chi connectivity index (χ1v) is 53.4. The third-order valence-electron chi connectivity index (χ3n) is 11.3. The number of hydrogen-bond acceptors (Lipinski definition) is 58. The standard InChI is InChI=1S/C11H20O9P2.C7H13O13P3.C7H12O10P2.2C7H10O9P2.C6H10O7P2.C4H9.C2H4O2/c1-9(2)4-3-5-10(8-11(12)13)6-7-18-22(17,20-19-14)21(15)16;1-2-7(5-6(8)9,18-22(13,14)15)3-4-17-23(16,20-19-10)21(11)12;1-2-7(10,5-6(8)9)3-4-15-19(14,17-16-11)18(12)13;2*1-2-6(5-7(8)9)3-4-14-18(13,16-15-10)17(11)12;1-3-6(2)4-5-11-15(10,13-12-7)14(8)9;1-4(2)3;1-2(3)4/h5,9,14H,3-4,6-8H2,1-2H3,(H,12,13);2,10H,1,3-5H2,(H,8,9)(H2,13,14,15);2,10-11H,1,3-5H2,(H,8,9);2*2H,1,3-5H2,(H-,8,9,10);3,7H,1-2,4-5H2;4H,1H2,2-3H3;1H3,(H,3,4)/q;;;;;;-1;/p-11/b10-5-;;;;;;;. The highest BCUT2D eigenvalue weighted by atomic mass is 32.1. The number of carbonyl (C=O) groups excluding carboxylic acids is 5. The van der Waals surface area contributed by atoms with Crippen molar-refractivity contribution >= 4 is 134 Å². The Morgan fingerprint density at radius 2 is 0.756 bits per heavy atom. The van der Waals surface area contributed by atoms with Crippen LogP contribution in [0.3, 0.4) is 0 Å².